The van der Waals surface area contributed by atoms with E-state index < -0.39 is 23.7 Å². The van der Waals surface area contributed by atoms with Crippen molar-refractivity contribution >= 4 is 0 Å². The first-order valence-electron chi connectivity index (χ1n) is 4.01. The van der Waals surface area contributed by atoms with Crippen molar-refractivity contribution < 1.29 is 35.1 Å². The Morgan fingerprint density at radius 1 is 0.375 bits per heavy atom. The highest BCUT2D eigenvalue weighted by atomic mass is 19.3. The van der Waals surface area contributed by atoms with E-state index in [1.807, 2.05) is 0 Å². The van der Waals surface area contributed by atoms with Gasteiger partial charge in [-0.25, -0.2) is 35.1 Å². The quantitative estimate of drug-likeness (QED) is 0.637. The number of halogens is 8. The largest absolute Gasteiger partial charge is 0.307 e. The molecule has 0 fully saturated rings. The molecule has 8 heteroatoms. The molecular formula is C8H12F8. The lowest BCUT2D eigenvalue weighted by Gasteiger charge is -2.17. The van der Waals surface area contributed by atoms with Gasteiger partial charge in [0.05, 0.1) is 0 Å². The van der Waals surface area contributed by atoms with Gasteiger partial charge in [0.1, 0.15) is 0 Å². The minimum Gasteiger partial charge on any atom is -0.200 e. The highest BCUT2D eigenvalue weighted by Gasteiger charge is 2.47. The van der Waals surface area contributed by atoms with Crippen LogP contribution in [0.3, 0.4) is 0 Å². The minimum absolute atomic E-state index is 0.188. The maximum atomic E-state index is 11.5. The fourth-order valence-corrected chi connectivity index (χ4v) is 0. The summed E-state index contributed by atoms with van der Waals surface area (Å²) in [6.45, 7) is 0.750. The van der Waals surface area contributed by atoms with Gasteiger partial charge in [-0.3, -0.25) is 0 Å². The van der Waals surface area contributed by atoms with Crippen molar-refractivity contribution in [2.45, 2.75) is 51.4 Å². The molecule has 0 aromatic carbocycles. The van der Waals surface area contributed by atoms with Gasteiger partial charge in [-0.1, -0.05) is 0 Å². The fraction of sp³-hybridized carbons (Fsp3) is 1.00. The Kier molecular flexibility index (Phi) is 5.29. The lowest BCUT2D eigenvalue weighted by Crippen LogP contribution is -2.33. The average Bonchev–Trinajstić information content (AvgIpc) is 1.77. The van der Waals surface area contributed by atoms with E-state index in [4.69, 9.17) is 0 Å². The number of alkyl halides is 8. The van der Waals surface area contributed by atoms with Crippen molar-refractivity contribution in [1.29, 1.82) is 0 Å². The Morgan fingerprint density at radius 3 is 0.438 bits per heavy atom. The van der Waals surface area contributed by atoms with Crippen LogP contribution in [-0.4, -0.2) is 23.7 Å². The second-order valence-corrected chi connectivity index (χ2v) is 3.55. The molecule has 0 radical (unpaired) electrons. The van der Waals surface area contributed by atoms with Gasteiger partial charge in [0.15, 0.2) is 0 Å². The molecule has 0 amide bonds. The topological polar surface area (TPSA) is 0 Å². The Morgan fingerprint density at radius 2 is 0.438 bits per heavy atom. The molecule has 0 spiro atoms. The Balaban J connectivity index is 0. The van der Waals surface area contributed by atoms with Gasteiger partial charge in [-0.05, 0) is 0 Å². The van der Waals surface area contributed by atoms with E-state index in [1.165, 1.54) is 0 Å². The number of hydrogen-bond acceptors (Lipinski definition) is 0. The minimum atomic E-state index is -3.90. The summed E-state index contributed by atoms with van der Waals surface area (Å²) in [7, 11) is 0. The Bertz CT molecular complexity index is 150. The van der Waals surface area contributed by atoms with Gasteiger partial charge >= 0.3 is 23.7 Å². The van der Waals surface area contributed by atoms with Crippen LogP contribution in [0.5, 0.6) is 0 Å². The standard InChI is InChI=1S/2C4H6F4/c2*1-3(5,6)4(2,7)8/h2*1-2H3. The van der Waals surface area contributed by atoms with Crippen LogP contribution >= 0.6 is 0 Å². The van der Waals surface area contributed by atoms with E-state index in [1.54, 1.807) is 0 Å². The third-order valence-corrected chi connectivity index (χ3v) is 1.54. The summed E-state index contributed by atoms with van der Waals surface area (Å²) in [5.41, 5.74) is 0. The van der Waals surface area contributed by atoms with Crippen LogP contribution < -0.4 is 0 Å². The maximum Gasteiger partial charge on any atom is 0.307 e. The van der Waals surface area contributed by atoms with Crippen LogP contribution in [0.4, 0.5) is 35.1 Å². The zero-order valence-electron chi connectivity index (χ0n) is 9.02. The summed E-state index contributed by atoms with van der Waals surface area (Å²) in [4.78, 5) is 0. The molecule has 0 bridgehead atoms. The monoisotopic (exact) mass is 260 g/mol. The van der Waals surface area contributed by atoms with E-state index >= 15 is 0 Å². The summed E-state index contributed by atoms with van der Waals surface area (Å²) in [6.07, 6.45) is 0. The van der Waals surface area contributed by atoms with Crippen molar-refractivity contribution in [1.82, 2.24) is 0 Å². The molecule has 0 aromatic rings. The predicted molar refractivity (Wildman–Crippen MR) is 42.5 cm³/mol. The van der Waals surface area contributed by atoms with Crippen LogP contribution in [0.15, 0.2) is 0 Å². The molecule has 0 rings (SSSR count). The summed E-state index contributed by atoms with van der Waals surface area (Å²) in [6, 6.07) is 0. The molecule has 0 atom stereocenters. The van der Waals surface area contributed by atoms with Gasteiger partial charge in [0.2, 0.25) is 0 Å². The summed E-state index contributed by atoms with van der Waals surface area (Å²) in [5, 5.41) is 0. The summed E-state index contributed by atoms with van der Waals surface area (Å²) >= 11 is 0. The van der Waals surface area contributed by atoms with Crippen molar-refractivity contribution in [3.8, 4) is 0 Å². The predicted octanol–water partition coefficient (Wildman–Crippen LogP) is 4.59. The molecule has 0 saturated carbocycles. The first kappa shape index (κ1) is 17.8. The van der Waals surface area contributed by atoms with E-state index in [2.05, 4.69) is 0 Å². The SMILES string of the molecule is CC(F)(F)C(C)(F)F.CC(F)(F)C(C)(F)F. The third kappa shape index (κ3) is 6.84. The smallest absolute Gasteiger partial charge is 0.200 e. The van der Waals surface area contributed by atoms with Crippen LogP contribution in [0.2, 0.25) is 0 Å². The lowest BCUT2D eigenvalue weighted by atomic mass is 10.2. The van der Waals surface area contributed by atoms with E-state index in [-0.39, 0.29) is 27.7 Å². The van der Waals surface area contributed by atoms with Crippen molar-refractivity contribution in [3.05, 3.63) is 0 Å². The van der Waals surface area contributed by atoms with Gasteiger partial charge in [0, 0.05) is 27.7 Å². The first-order valence-corrected chi connectivity index (χ1v) is 4.01. The molecule has 0 aliphatic rings. The van der Waals surface area contributed by atoms with Gasteiger partial charge in [-0.2, -0.15) is 0 Å². The molecule has 16 heavy (non-hydrogen) atoms. The Hall–Kier alpha value is -0.560. The van der Waals surface area contributed by atoms with Crippen LogP contribution in [0.1, 0.15) is 27.7 Å². The second kappa shape index (κ2) is 4.75. The first-order chi connectivity index (χ1) is 6.50. The maximum absolute atomic E-state index is 11.5. The van der Waals surface area contributed by atoms with E-state index in [0.29, 0.717) is 0 Å². The van der Waals surface area contributed by atoms with Gasteiger partial charge < -0.3 is 0 Å². The molecule has 0 nitrogen and oxygen atoms in total. The zero-order chi connectivity index (χ0) is 14.0. The Labute approximate surface area is 87.6 Å². The van der Waals surface area contributed by atoms with Crippen molar-refractivity contribution in [2.75, 3.05) is 0 Å². The molecule has 0 heterocycles. The van der Waals surface area contributed by atoms with Crippen molar-refractivity contribution in [3.63, 3.8) is 0 Å². The highest BCUT2D eigenvalue weighted by molar-refractivity contribution is 4.74. The number of hydrogen-bond donors (Lipinski definition) is 0. The van der Waals surface area contributed by atoms with E-state index in [0.717, 1.165) is 0 Å². The summed E-state index contributed by atoms with van der Waals surface area (Å²) in [5.74, 6) is -15.6. The normalized spacial score (nSPS) is 14.2. The molecule has 0 unspecified atom stereocenters. The molecular weight excluding hydrogens is 248 g/mol. The average molecular weight is 260 g/mol. The van der Waals surface area contributed by atoms with Crippen LogP contribution in [-0.2, 0) is 0 Å². The molecule has 0 aromatic heterocycles. The molecule has 0 saturated heterocycles. The summed E-state index contributed by atoms with van der Waals surface area (Å²) < 4.78 is 91.8. The number of rotatable bonds is 2. The van der Waals surface area contributed by atoms with Gasteiger partial charge in [0.25, 0.3) is 0 Å². The van der Waals surface area contributed by atoms with E-state index in [9.17, 15) is 35.1 Å². The third-order valence-electron chi connectivity index (χ3n) is 1.54. The lowest BCUT2D eigenvalue weighted by molar-refractivity contribution is -0.185. The molecule has 0 aliphatic heterocycles. The van der Waals surface area contributed by atoms with Crippen LogP contribution in [0, 0.1) is 0 Å². The van der Waals surface area contributed by atoms with Crippen molar-refractivity contribution in [2.24, 2.45) is 0 Å². The fourth-order valence-electron chi connectivity index (χ4n) is 0. The zero-order valence-corrected chi connectivity index (χ0v) is 9.02. The molecule has 0 aliphatic carbocycles. The highest BCUT2D eigenvalue weighted by Crippen LogP contribution is 2.32. The van der Waals surface area contributed by atoms with Crippen LogP contribution in [0.25, 0.3) is 0 Å². The molecule has 0 N–H and O–H groups in total. The van der Waals surface area contributed by atoms with Gasteiger partial charge in [-0.15, -0.1) is 0 Å². The molecule has 100 valence electrons. The second-order valence-electron chi connectivity index (χ2n) is 3.55.